The van der Waals surface area contributed by atoms with Crippen LogP contribution in [0.5, 0.6) is 0 Å². The Morgan fingerprint density at radius 2 is 1.69 bits per heavy atom. The Balaban J connectivity index is 0.929. The van der Waals surface area contributed by atoms with Crippen molar-refractivity contribution in [1.29, 1.82) is 0 Å². The SMILES string of the molecule is CCN(C)C(=O)c1cc2c(-c3ccc([C@H]4CCN(C5CCN(c6ccc(C7CCC(=O)NC7=O)cc6F)CC5)CC4(F)F)c(F)c3F)cc(C3=CCCN(C(=O)CCn4cccn4)C3)c(F)c2[nH]1. The number of rotatable bonds is 11. The number of amides is 4. The number of imide groups is 1. The summed E-state index contributed by atoms with van der Waals surface area (Å²) in [4.78, 5) is 59.9. The highest BCUT2D eigenvalue weighted by Crippen LogP contribution is 2.45. The van der Waals surface area contributed by atoms with Gasteiger partial charge in [-0.3, -0.25) is 34.1 Å². The Labute approximate surface area is 388 Å². The van der Waals surface area contributed by atoms with Crippen LogP contribution in [0.2, 0.25) is 0 Å². The summed E-state index contributed by atoms with van der Waals surface area (Å²) < 4.78 is 99.4. The zero-order chi connectivity index (χ0) is 48.0. The molecule has 4 amide bonds. The van der Waals surface area contributed by atoms with E-state index < -0.39 is 64.9 Å². The van der Waals surface area contributed by atoms with E-state index in [0.717, 1.165) is 0 Å². The first-order valence-electron chi connectivity index (χ1n) is 23.1. The Kier molecular flexibility index (Phi) is 13.0. The van der Waals surface area contributed by atoms with Crippen LogP contribution in [0.1, 0.15) is 90.9 Å². The van der Waals surface area contributed by atoms with Crippen LogP contribution in [-0.2, 0) is 20.9 Å². The molecule has 12 nitrogen and oxygen atoms in total. The van der Waals surface area contributed by atoms with Crippen LogP contribution >= 0.6 is 0 Å². The number of carbonyl (C=O) groups excluding carboxylic acids is 4. The van der Waals surface area contributed by atoms with Crippen molar-refractivity contribution in [3.05, 3.63) is 113 Å². The summed E-state index contributed by atoms with van der Waals surface area (Å²) in [7, 11) is 1.57. The van der Waals surface area contributed by atoms with Crippen LogP contribution in [0.3, 0.4) is 0 Å². The molecule has 0 spiro atoms. The second-order valence-corrected chi connectivity index (χ2v) is 18.3. The van der Waals surface area contributed by atoms with Gasteiger partial charge in [0.1, 0.15) is 11.5 Å². The van der Waals surface area contributed by atoms with Crippen molar-refractivity contribution < 1.29 is 45.5 Å². The largest absolute Gasteiger partial charge is 0.369 e. The Hall–Kier alpha value is -6.43. The van der Waals surface area contributed by atoms with Gasteiger partial charge in [-0.2, -0.15) is 5.10 Å². The van der Waals surface area contributed by atoms with Gasteiger partial charge < -0.3 is 19.7 Å². The molecular formula is C50H52F6N8O4. The van der Waals surface area contributed by atoms with Gasteiger partial charge in [-0.25, -0.2) is 26.3 Å². The Bertz CT molecular complexity index is 2800. The van der Waals surface area contributed by atoms with Crippen molar-refractivity contribution in [3.8, 4) is 11.1 Å². The smallest absolute Gasteiger partial charge is 0.270 e. The fraction of sp³-hybridized carbons (Fsp3) is 0.420. The number of fused-ring (bicyclic) bond motifs is 1. The van der Waals surface area contributed by atoms with Crippen molar-refractivity contribution in [3.63, 3.8) is 0 Å². The molecular weight excluding hydrogens is 891 g/mol. The number of carbonyl (C=O) groups is 4. The van der Waals surface area contributed by atoms with Gasteiger partial charge in [0.2, 0.25) is 17.7 Å². The molecule has 3 saturated heterocycles. The number of nitrogens with one attached hydrogen (secondary N) is 2. The zero-order valence-electron chi connectivity index (χ0n) is 37.8. The van der Waals surface area contributed by atoms with Crippen LogP contribution in [0.15, 0.2) is 67.0 Å². The predicted molar refractivity (Wildman–Crippen MR) is 243 cm³/mol. The summed E-state index contributed by atoms with van der Waals surface area (Å²) in [5.74, 6) is -11.3. The third-order valence-corrected chi connectivity index (χ3v) is 14.2. The summed E-state index contributed by atoms with van der Waals surface area (Å²) in [6, 6.07) is 11.2. The van der Waals surface area contributed by atoms with E-state index in [1.54, 1.807) is 65.1 Å². The van der Waals surface area contributed by atoms with E-state index in [4.69, 9.17) is 0 Å². The number of anilines is 1. The Morgan fingerprint density at radius 3 is 2.40 bits per heavy atom. The molecule has 6 heterocycles. The summed E-state index contributed by atoms with van der Waals surface area (Å²) in [5, 5.41) is 6.52. The van der Waals surface area contributed by atoms with E-state index in [1.165, 1.54) is 35.2 Å². The van der Waals surface area contributed by atoms with Crippen molar-refractivity contribution >= 4 is 45.8 Å². The highest BCUT2D eigenvalue weighted by molar-refractivity contribution is 6.05. The molecule has 2 N–H and O–H groups in total. The number of hydrogen-bond acceptors (Lipinski definition) is 7. The number of halogens is 6. The molecule has 358 valence electrons. The van der Waals surface area contributed by atoms with Gasteiger partial charge in [0.05, 0.1) is 29.6 Å². The average molecular weight is 943 g/mol. The Morgan fingerprint density at radius 1 is 0.897 bits per heavy atom. The normalized spacial score (nSPS) is 20.4. The number of alkyl halides is 2. The maximum absolute atomic E-state index is 16.7. The first kappa shape index (κ1) is 46.7. The van der Waals surface area contributed by atoms with E-state index in [1.807, 2.05) is 4.90 Å². The lowest BCUT2D eigenvalue weighted by atomic mass is 9.83. The average Bonchev–Trinajstić information content (AvgIpc) is 4.03. The van der Waals surface area contributed by atoms with Gasteiger partial charge in [-0.05, 0) is 92.6 Å². The molecule has 4 aliphatic heterocycles. The molecule has 0 bridgehead atoms. The zero-order valence-corrected chi connectivity index (χ0v) is 37.8. The molecule has 68 heavy (non-hydrogen) atoms. The lowest BCUT2D eigenvalue weighted by Crippen LogP contribution is -2.54. The number of aryl methyl sites for hydroxylation is 1. The number of hydrogen-bond donors (Lipinski definition) is 2. The minimum atomic E-state index is -3.45. The minimum Gasteiger partial charge on any atom is -0.369 e. The van der Waals surface area contributed by atoms with E-state index in [2.05, 4.69) is 15.4 Å². The van der Waals surface area contributed by atoms with Gasteiger partial charge in [0.15, 0.2) is 17.5 Å². The molecule has 18 heteroatoms. The summed E-state index contributed by atoms with van der Waals surface area (Å²) >= 11 is 0. The van der Waals surface area contributed by atoms with Gasteiger partial charge in [-0.15, -0.1) is 0 Å². The highest BCUT2D eigenvalue weighted by Gasteiger charge is 2.48. The summed E-state index contributed by atoms with van der Waals surface area (Å²) in [5.41, 5.74) is 0.385. The first-order valence-corrected chi connectivity index (χ1v) is 23.1. The number of benzene rings is 3. The van der Waals surface area contributed by atoms with Gasteiger partial charge in [0, 0.05) is 99.7 Å². The second-order valence-electron chi connectivity index (χ2n) is 18.3. The molecule has 4 aliphatic rings. The third kappa shape index (κ3) is 9.01. The number of aromatic nitrogens is 3. The molecule has 0 aliphatic carbocycles. The van der Waals surface area contributed by atoms with Crippen molar-refractivity contribution in [1.82, 2.24) is 34.8 Å². The predicted octanol–water partition coefficient (Wildman–Crippen LogP) is 8.00. The molecule has 0 radical (unpaired) electrons. The van der Waals surface area contributed by atoms with E-state index >= 15 is 26.3 Å². The van der Waals surface area contributed by atoms with Crippen molar-refractivity contribution in [2.75, 3.05) is 57.8 Å². The number of piperidine rings is 3. The van der Waals surface area contributed by atoms with Crippen LogP contribution in [0.4, 0.5) is 32.0 Å². The van der Waals surface area contributed by atoms with Gasteiger partial charge >= 0.3 is 0 Å². The van der Waals surface area contributed by atoms with Crippen molar-refractivity contribution in [2.45, 2.75) is 82.2 Å². The van der Waals surface area contributed by atoms with Crippen molar-refractivity contribution in [2.24, 2.45) is 0 Å². The fourth-order valence-corrected chi connectivity index (χ4v) is 10.3. The maximum Gasteiger partial charge on any atom is 0.270 e. The second kappa shape index (κ2) is 18.9. The van der Waals surface area contributed by atoms with Crippen LogP contribution in [0, 0.1) is 23.3 Å². The number of likely N-dealkylation sites (tertiary alicyclic amines) is 1. The molecule has 3 fully saturated rings. The fourth-order valence-electron chi connectivity index (χ4n) is 10.3. The van der Waals surface area contributed by atoms with Crippen LogP contribution < -0.4 is 10.2 Å². The maximum atomic E-state index is 16.7. The topological polar surface area (TPSA) is 127 Å². The molecule has 1 unspecified atom stereocenters. The summed E-state index contributed by atoms with van der Waals surface area (Å²) in [6.07, 6.45) is 6.90. The molecule has 2 aromatic heterocycles. The quantitative estimate of drug-likeness (QED) is 0.102. The molecule has 0 saturated carbocycles. The lowest BCUT2D eigenvalue weighted by Gasteiger charge is -2.45. The molecule has 9 rings (SSSR count). The van der Waals surface area contributed by atoms with Gasteiger partial charge in [0.25, 0.3) is 11.8 Å². The molecule has 3 aromatic carbocycles. The van der Waals surface area contributed by atoms with E-state index in [-0.39, 0.29) is 83.5 Å². The molecule has 5 aromatic rings. The number of H-pyrrole nitrogens is 1. The van der Waals surface area contributed by atoms with Crippen LogP contribution in [0.25, 0.3) is 27.6 Å². The van der Waals surface area contributed by atoms with E-state index in [0.29, 0.717) is 75.2 Å². The summed E-state index contributed by atoms with van der Waals surface area (Å²) in [6.45, 7) is 3.14. The monoisotopic (exact) mass is 942 g/mol. The highest BCUT2D eigenvalue weighted by atomic mass is 19.3. The third-order valence-electron chi connectivity index (χ3n) is 14.2. The standard InChI is InChI=1S/C50H52F6N8O4/c1-3-60(2)49(68)40-26-37-36(25-35(46(54)47(37)58-40)30-6-4-18-62(27-30)43(66)16-23-64-19-5-17-57-64)33-8-9-34(45(53)44(33)52)38-15-22-63(28-50(38,55)56)31-13-20-61(21-14-31)41-11-7-29(24-39(41)51)32-10-12-42(65)59-48(32)67/h5-9,11,17,19,24-26,31-32,38,58H,3-4,10,12-16,18,20-23,27-28H2,1-2H3,(H,59,65,67)/t32?,38-/m1/s1. The van der Waals surface area contributed by atoms with E-state index in [9.17, 15) is 19.2 Å². The van der Waals surface area contributed by atoms with Crippen LogP contribution in [-0.4, -0.2) is 118 Å². The lowest BCUT2D eigenvalue weighted by molar-refractivity contribution is -0.134. The minimum absolute atomic E-state index is 0.0112. The number of nitrogens with zero attached hydrogens (tertiary/aromatic N) is 6. The number of aromatic amines is 1. The van der Waals surface area contributed by atoms with Gasteiger partial charge in [-0.1, -0.05) is 24.3 Å². The molecule has 2 atom stereocenters. The first-order chi connectivity index (χ1) is 32.6.